The Hall–Kier alpha value is -3.20. The standard InChI is InChI=1S/C20H13NO2/c22-13-18-19(21-23-20(18)15-7-2-1-3-8-15)17-11-10-14-6-4-5-9-16(14)12-17/h1-13H. The molecule has 110 valence electrons. The molecule has 0 radical (unpaired) electrons. The van der Waals surface area contributed by atoms with E-state index in [2.05, 4.69) is 11.2 Å². The number of aromatic nitrogens is 1. The van der Waals surface area contributed by atoms with Gasteiger partial charge in [-0.1, -0.05) is 71.9 Å². The van der Waals surface area contributed by atoms with Gasteiger partial charge >= 0.3 is 0 Å². The molecule has 0 amide bonds. The first-order valence-electron chi connectivity index (χ1n) is 7.36. The molecule has 0 bridgehead atoms. The number of fused-ring (bicyclic) bond motifs is 1. The Morgan fingerprint density at radius 1 is 0.783 bits per heavy atom. The molecule has 0 aliphatic rings. The van der Waals surface area contributed by atoms with Crippen molar-refractivity contribution >= 4 is 17.1 Å². The quantitative estimate of drug-likeness (QED) is 0.501. The van der Waals surface area contributed by atoms with Gasteiger partial charge in [0.15, 0.2) is 12.0 Å². The molecule has 1 heterocycles. The van der Waals surface area contributed by atoms with Crippen LogP contribution in [0.1, 0.15) is 10.4 Å². The Balaban J connectivity index is 1.88. The van der Waals surface area contributed by atoms with Gasteiger partial charge in [-0.25, -0.2) is 0 Å². The van der Waals surface area contributed by atoms with Crippen LogP contribution in [-0.4, -0.2) is 11.4 Å². The van der Waals surface area contributed by atoms with E-state index in [9.17, 15) is 4.79 Å². The van der Waals surface area contributed by atoms with Gasteiger partial charge in [0.25, 0.3) is 0 Å². The first-order chi connectivity index (χ1) is 11.4. The van der Waals surface area contributed by atoms with E-state index in [0.29, 0.717) is 17.0 Å². The lowest BCUT2D eigenvalue weighted by atomic mass is 10.0. The highest BCUT2D eigenvalue weighted by molar-refractivity contribution is 5.95. The summed E-state index contributed by atoms with van der Waals surface area (Å²) in [4.78, 5) is 11.6. The SMILES string of the molecule is O=Cc1c(-c2ccc3ccccc3c2)noc1-c1ccccc1. The summed E-state index contributed by atoms with van der Waals surface area (Å²) >= 11 is 0. The van der Waals surface area contributed by atoms with Crippen LogP contribution in [0.5, 0.6) is 0 Å². The predicted octanol–water partition coefficient (Wildman–Crippen LogP) is 4.97. The van der Waals surface area contributed by atoms with Crippen molar-refractivity contribution in [2.24, 2.45) is 0 Å². The Bertz CT molecular complexity index is 987. The molecule has 0 aliphatic heterocycles. The highest BCUT2D eigenvalue weighted by Crippen LogP contribution is 2.32. The van der Waals surface area contributed by atoms with Gasteiger partial charge in [-0.15, -0.1) is 0 Å². The molecule has 0 atom stereocenters. The third kappa shape index (κ3) is 2.32. The van der Waals surface area contributed by atoms with Crippen molar-refractivity contribution in [3.05, 3.63) is 78.4 Å². The van der Waals surface area contributed by atoms with Crippen molar-refractivity contribution in [1.29, 1.82) is 0 Å². The van der Waals surface area contributed by atoms with E-state index < -0.39 is 0 Å². The molecule has 0 saturated carbocycles. The topological polar surface area (TPSA) is 43.1 Å². The van der Waals surface area contributed by atoms with Crippen LogP contribution in [0.4, 0.5) is 0 Å². The second-order valence-corrected chi connectivity index (χ2v) is 5.32. The Kier molecular flexibility index (Phi) is 3.24. The molecule has 3 aromatic carbocycles. The molecule has 4 aromatic rings. The molecule has 0 saturated heterocycles. The molecule has 23 heavy (non-hydrogen) atoms. The fraction of sp³-hybridized carbons (Fsp3) is 0. The van der Waals surface area contributed by atoms with E-state index in [0.717, 1.165) is 28.2 Å². The van der Waals surface area contributed by atoms with Gasteiger partial charge in [-0.2, -0.15) is 0 Å². The number of nitrogens with zero attached hydrogens (tertiary/aromatic N) is 1. The fourth-order valence-corrected chi connectivity index (χ4v) is 2.75. The van der Waals surface area contributed by atoms with Gasteiger partial charge in [0.1, 0.15) is 5.69 Å². The number of carbonyl (C=O) groups is 1. The van der Waals surface area contributed by atoms with Crippen LogP contribution < -0.4 is 0 Å². The normalized spacial score (nSPS) is 10.8. The molecule has 4 rings (SSSR count). The van der Waals surface area contributed by atoms with Gasteiger partial charge in [0.2, 0.25) is 0 Å². The predicted molar refractivity (Wildman–Crippen MR) is 90.3 cm³/mol. The Morgan fingerprint density at radius 2 is 1.52 bits per heavy atom. The number of hydrogen-bond donors (Lipinski definition) is 0. The summed E-state index contributed by atoms with van der Waals surface area (Å²) in [6, 6.07) is 23.6. The van der Waals surface area contributed by atoms with Crippen molar-refractivity contribution in [1.82, 2.24) is 5.16 Å². The zero-order valence-corrected chi connectivity index (χ0v) is 12.3. The van der Waals surface area contributed by atoms with E-state index in [1.165, 1.54) is 0 Å². The summed E-state index contributed by atoms with van der Waals surface area (Å²) < 4.78 is 5.46. The summed E-state index contributed by atoms with van der Waals surface area (Å²) in [7, 11) is 0. The highest BCUT2D eigenvalue weighted by atomic mass is 16.5. The lowest BCUT2D eigenvalue weighted by molar-refractivity contribution is 0.112. The molecule has 0 aliphatic carbocycles. The summed E-state index contributed by atoms with van der Waals surface area (Å²) in [5.74, 6) is 0.503. The molecule has 0 N–H and O–H groups in total. The maximum Gasteiger partial charge on any atom is 0.178 e. The summed E-state index contributed by atoms with van der Waals surface area (Å²) in [5.41, 5.74) is 2.77. The van der Waals surface area contributed by atoms with E-state index in [4.69, 9.17) is 4.52 Å². The molecular weight excluding hydrogens is 286 g/mol. The maximum absolute atomic E-state index is 11.6. The van der Waals surface area contributed by atoms with Crippen LogP contribution in [0.2, 0.25) is 0 Å². The van der Waals surface area contributed by atoms with Gasteiger partial charge in [-0.3, -0.25) is 4.79 Å². The molecule has 0 unspecified atom stereocenters. The van der Waals surface area contributed by atoms with E-state index in [-0.39, 0.29) is 0 Å². The minimum Gasteiger partial charge on any atom is -0.355 e. The van der Waals surface area contributed by atoms with Gasteiger partial charge in [0.05, 0.1) is 5.56 Å². The first kappa shape index (κ1) is 13.5. The van der Waals surface area contributed by atoms with Gasteiger partial charge < -0.3 is 4.52 Å². The third-order valence-corrected chi connectivity index (χ3v) is 3.90. The van der Waals surface area contributed by atoms with Crippen molar-refractivity contribution in [2.45, 2.75) is 0 Å². The number of aldehydes is 1. The summed E-state index contributed by atoms with van der Waals surface area (Å²) in [5, 5.41) is 6.39. The minimum absolute atomic E-state index is 0.478. The van der Waals surface area contributed by atoms with Crippen LogP contribution >= 0.6 is 0 Å². The molecule has 3 nitrogen and oxygen atoms in total. The average molecular weight is 299 g/mol. The zero-order chi connectivity index (χ0) is 15.6. The fourth-order valence-electron chi connectivity index (χ4n) is 2.75. The minimum atomic E-state index is 0.478. The van der Waals surface area contributed by atoms with Crippen LogP contribution in [-0.2, 0) is 0 Å². The smallest absolute Gasteiger partial charge is 0.178 e. The number of hydrogen-bond acceptors (Lipinski definition) is 3. The Morgan fingerprint density at radius 3 is 2.30 bits per heavy atom. The lowest BCUT2D eigenvalue weighted by Gasteiger charge is -2.01. The van der Waals surface area contributed by atoms with E-state index in [1.54, 1.807) is 0 Å². The highest BCUT2D eigenvalue weighted by Gasteiger charge is 2.18. The Labute approximate surface area is 133 Å². The van der Waals surface area contributed by atoms with E-state index >= 15 is 0 Å². The van der Waals surface area contributed by atoms with Crippen molar-refractivity contribution in [3.8, 4) is 22.6 Å². The molecule has 1 aromatic heterocycles. The number of rotatable bonds is 3. The van der Waals surface area contributed by atoms with Crippen LogP contribution in [0.3, 0.4) is 0 Å². The average Bonchev–Trinajstić information content (AvgIpc) is 3.06. The second kappa shape index (κ2) is 5.54. The van der Waals surface area contributed by atoms with Crippen LogP contribution in [0, 0.1) is 0 Å². The maximum atomic E-state index is 11.6. The van der Waals surface area contributed by atoms with Crippen LogP contribution in [0.15, 0.2) is 77.3 Å². The molecule has 3 heteroatoms. The second-order valence-electron chi connectivity index (χ2n) is 5.32. The van der Waals surface area contributed by atoms with Crippen molar-refractivity contribution in [2.75, 3.05) is 0 Å². The molecule has 0 fully saturated rings. The van der Waals surface area contributed by atoms with Crippen molar-refractivity contribution < 1.29 is 9.32 Å². The van der Waals surface area contributed by atoms with Crippen molar-refractivity contribution in [3.63, 3.8) is 0 Å². The van der Waals surface area contributed by atoms with Gasteiger partial charge in [0, 0.05) is 11.1 Å². The summed E-state index contributed by atoms with van der Waals surface area (Å²) in [6.45, 7) is 0. The number of benzene rings is 3. The molecule has 0 spiro atoms. The van der Waals surface area contributed by atoms with Crippen LogP contribution in [0.25, 0.3) is 33.4 Å². The molecular formula is C20H13NO2. The first-order valence-corrected chi connectivity index (χ1v) is 7.36. The summed E-state index contributed by atoms with van der Waals surface area (Å²) in [6.07, 6.45) is 0.809. The largest absolute Gasteiger partial charge is 0.355 e. The monoisotopic (exact) mass is 299 g/mol. The lowest BCUT2D eigenvalue weighted by Crippen LogP contribution is -1.87. The van der Waals surface area contributed by atoms with Gasteiger partial charge in [-0.05, 0) is 16.8 Å². The zero-order valence-electron chi connectivity index (χ0n) is 12.3. The number of carbonyl (C=O) groups excluding carboxylic acids is 1. The third-order valence-electron chi connectivity index (χ3n) is 3.90. The van der Waals surface area contributed by atoms with E-state index in [1.807, 2.05) is 66.7 Å².